The number of hydrogen-bond acceptors (Lipinski definition) is 3. The summed E-state index contributed by atoms with van der Waals surface area (Å²) in [6.07, 6.45) is 8.36. The Morgan fingerprint density at radius 3 is 2.53 bits per heavy atom. The number of carbonyl (C=O) groups is 1. The van der Waals surface area contributed by atoms with Crippen molar-refractivity contribution in [2.45, 2.75) is 20.4 Å². The van der Waals surface area contributed by atoms with Crippen LogP contribution in [-0.4, -0.2) is 22.6 Å². The average Bonchev–Trinajstić information content (AvgIpc) is 3.11. The molecule has 0 spiro atoms. The summed E-state index contributed by atoms with van der Waals surface area (Å²) in [4.78, 5) is 16.8. The molecule has 1 aliphatic carbocycles. The number of aryl methyl sites for hydroxylation is 2. The summed E-state index contributed by atoms with van der Waals surface area (Å²) >= 11 is 0. The molecular formula is C28H24N2O2. The molecule has 1 heterocycles. The summed E-state index contributed by atoms with van der Waals surface area (Å²) in [5, 5.41) is 0. The molecule has 32 heavy (non-hydrogen) atoms. The number of methoxy groups -OCH3 is 1. The third-order valence-corrected chi connectivity index (χ3v) is 6.19. The minimum Gasteiger partial charge on any atom is -0.465 e. The molecule has 0 saturated heterocycles. The summed E-state index contributed by atoms with van der Waals surface area (Å²) in [7, 11) is 1.41. The van der Waals surface area contributed by atoms with Crippen LogP contribution in [0.1, 0.15) is 43.7 Å². The number of fused-ring (bicyclic) bond motifs is 3. The van der Waals surface area contributed by atoms with Crippen LogP contribution in [0.25, 0.3) is 28.8 Å². The number of nitrogens with zero attached hydrogens (tertiary/aromatic N) is 2. The van der Waals surface area contributed by atoms with Gasteiger partial charge in [0.15, 0.2) is 0 Å². The van der Waals surface area contributed by atoms with Gasteiger partial charge in [0.25, 0.3) is 0 Å². The zero-order valence-electron chi connectivity index (χ0n) is 18.4. The topological polar surface area (TPSA) is 44.1 Å². The lowest BCUT2D eigenvalue weighted by atomic mass is 9.92. The summed E-state index contributed by atoms with van der Waals surface area (Å²) in [5.74, 6) is -0.333. The molecule has 3 aromatic carbocycles. The van der Waals surface area contributed by atoms with Crippen LogP contribution >= 0.6 is 0 Å². The van der Waals surface area contributed by atoms with E-state index < -0.39 is 0 Å². The van der Waals surface area contributed by atoms with Crippen LogP contribution in [0.3, 0.4) is 0 Å². The van der Waals surface area contributed by atoms with Crippen molar-refractivity contribution >= 4 is 34.7 Å². The van der Waals surface area contributed by atoms with E-state index in [-0.39, 0.29) is 5.97 Å². The molecule has 4 nitrogen and oxygen atoms in total. The number of rotatable bonds is 3. The van der Waals surface area contributed by atoms with Crippen LogP contribution < -0.4 is 0 Å². The highest BCUT2D eigenvalue weighted by molar-refractivity contribution is 5.97. The van der Waals surface area contributed by atoms with Crippen LogP contribution in [-0.2, 0) is 11.3 Å². The minimum absolute atomic E-state index is 0.333. The first-order valence-electron chi connectivity index (χ1n) is 10.7. The van der Waals surface area contributed by atoms with Gasteiger partial charge < -0.3 is 9.30 Å². The highest BCUT2D eigenvalue weighted by atomic mass is 16.5. The second-order valence-corrected chi connectivity index (χ2v) is 8.15. The summed E-state index contributed by atoms with van der Waals surface area (Å²) < 4.78 is 7.13. The summed E-state index contributed by atoms with van der Waals surface area (Å²) in [6, 6.07) is 18.4. The van der Waals surface area contributed by atoms with E-state index in [4.69, 9.17) is 4.74 Å². The number of hydrogen-bond donors (Lipinski definition) is 0. The number of ether oxygens (including phenoxy) is 1. The molecule has 4 heteroatoms. The molecule has 1 aliphatic rings. The SMILES string of the molecule is COC(=O)c1ccc2c(c1)C(=CCn1cnc3cc(C)c(C)cc31)c1ccccc1C=C2. The van der Waals surface area contributed by atoms with Crippen LogP contribution in [0, 0.1) is 13.8 Å². The van der Waals surface area contributed by atoms with Crippen molar-refractivity contribution in [2.24, 2.45) is 0 Å². The Hall–Kier alpha value is -3.92. The largest absolute Gasteiger partial charge is 0.465 e. The number of esters is 1. The van der Waals surface area contributed by atoms with Crippen molar-refractivity contribution in [3.05, 3.63) is 106 Å². The van der Waals surface area contributed by atoms with Crippen LogP contribution in [0.15, 0.2) is 67.0 Å². The first-order valence-corrected chi connectivity index (χ1v) is 10.7. The molecule has 1 aromatic heterocycles. The lowest BCUT2D eigenvalue weighted by Crippen LogP contribution is -2.03. The van der Waals surface area contributed by atoms with Gasteiger partial charge in [0.1, 0.15) is 0 Å². The van der Waals surface area contributed by atoms with Crippen LogP contribution in [0.2, 0.25) is 0 Å². The van der Waals surface area contributed by atoms with Crippen LogP contribution in [0.5, 0.6) is 0 Å². The highest BCUT2D eigenvalue weighted by Gasteiger charge is 2.17. The standard InChI is InChI=1S/C28H24N2O2/c1-18-14-26-27(15-19(18)2)30(17-29-26)13-12-24-23-7-5-4-6-20(23)8-9-21-10-11-22(16-25(21)24)28(31)32-3/h4-12,14-17H,13H2,1-3H3. The zero-order valence-corrected chi connectivity index (χ0v) is 18.4. The third kappa shape index (κ3) is 3.44. The summed E-state index contributed by atoms with van der Waals surface area (Å²) in [5.41, 5.74) is 10.6. The van der Waals surface area contributed by atoms with Crippen molar-refractivity contribution < 1.29 is 9.53 Å². The second-order valence-electron chi connectivity index (χ2n) is 8.15. The fraction of sp³-hybridized carbons (Fsp3) is 0.143. The Bertz CT molecular complexity index is 1420. The average molecular weight is 421 g/mol. The van der Waals surface area contributed by atoms with Gasteiger partial charge in [-0.25, -0.2) is 9.78 Å². The molecule has 0 saturated carbocycles. The Morgan fingerprint density at radius 2 is 1.72 bits per heavy atom. The third-order valence-electron chi connectivity index (χ3n) is 6.19. The van der Waals surface area contributed by atoms with Crippen molar-refractivity contribution in [1.82, 2.24) is 9.55 Å². The number of imidazole rings is 1. The minimum atomic E-state index is -0.333. The first-order chi connectivity index (χ1) is 15.5. The van der Waals surface area contributed by atoms with E-state index in [1.165, 1.54) is 18.2 Å². The number of allylic oxidation sites excluding steroid dienone is 1. The van der Waals surface area contributed by atoms with Gasteiger partial charge in [0, 0.05) is 6.54 Å². The Kier molecular flexibility index (Phi) is 4.98. The molecular weight excluding hydrogens is 396 g/mol. The van der Waals surface area contributed by atoms with Gasteiger partial charge >= 0.3 is 5.97 Å². The van der Waals surface area contributed by atoms with E-state index >= 15 is 0 Å². The Morgan fingerprint density at radius 1 is 0.969 bits per heavy atom. The maximum Gasteiger partial charge on any atom is 0.337 e. The summed E-state index contributed by atoms with van der Waals surface area (Å²) in [6.45, 7) is 4.91. The second kappa shape index (κ2) is 7.97. The molecule has 0 radical (unpaired) electrons. The predicted octanol–water partition coefficient (Wildman–Crippen LogP) is 6.06. The van der Waals surface area contributed by atoms with Crippen molar-refractivity contribution in [3.8, 4) is 0 Å². The molecule has 0 aliphatic heterocycles. The van der Waals surface area contributed by atoms with Gasteiger partial charge in [-0.1, -0.05) is 48.6 Å². The normalized spacial score (nSPS) is 13.7. The smallest absolute Gasteiger partial charge is 0.337 e. The zero-order chi connectivity index (χ0) is 22.2. The molecule has 0 N–H and O–H groups in total. The molecule has 0 bridgehead atoms. The van der Waals surface area contributed by atoms with Gasteiger partial charge in [0.05, 0.1) is 30.0 Å². The quantitative estimate of drug-likeness (QED) is 0.334. The fourth-order valence-electron chi connectivity index (χ4n) is 4.26. The maximum absolute atomic E-state index is 12.2. The van der Waals surface area contributed by atoms with Crippen molar-refractivity contribution in [3.63, 3.8) is 0 Å². The monoisotopic (exact) mass is 420 g/mol. The lowest BCUT2D eigenvalue weighted by molar-refractivity contribution is 0.0600. The number of aromatic nitrogens is 2. The first kappa shape index (κ1) is 20.0. The lowest BCUT2D eigenvalue weighted by Gasteiger charge is -2.14. The molecule has 0 amide bonds. The fourth-order valence-corrected chi connectivity index (χ4v) is 4.26. The van der Waals surface area contributed by atoms with E-state index in [0.717, 1.165) is 38.9 Å². The molecule has 0 unspecified atom stereocenters. The van der Waals surface area contributed by atoms with Gasteiger partial charge in [-0.15, -0.1) is 0 Å². The van der Waals surface area contributed by atoms with E-state index in [9.17, 15) is 4.79 Å². The molecule has 0 atom stereocenters. The van der Waals surface area contributed by atoms with Gasteiger partial charge in [-0.05, 0) is 77.1 Å². The highest BCUT2D eigenvalue weighted by Crippen LogP contribution is 2.34. The van der Waals surface area contributed by atoms with E-state index in [1.807, 2.05) is 30.6 Å². The Labute approximate surface area is 187 Å². The molecule has 4 aromatic rings. The number of benzene rings is 3. The Balaban J connectivity index is 1.66. The molecule has 5 rings (SSSR count). The molecule has 158 valence electrons. The van der Waals surface area contributed by atoms with Crippen molar-refractivity contribution in [1.29, 1.82) is 0 Å². The van der Waals surface area contributed by atoms with Gasteiger partial charge in [-0.2, -0.15) is 0 Å². The number of carbonyl (C=O) groups excluding carboxylic acids is 1. The van der Waals surface area contributed by atoms with Crippen molar-refractivity contribution in [2.75, 3.05) is 7.11 Å². The van der Waals surface area contributed by atoms with E-state index in [0.29, 0.717) is 12.1 Å². The van der Waals surface area contributed by atoms with Gasteiger partial charge in [-0.3, -0.25) is 0 Å². The maximum atomic E-state index is 12.2. The predicted molar refractivity (Wildman–Crippen MR) is 129 cm³/mol. The van der Waals surface area contributed by atoms with E-state index in [2.05, 4.69) is 72.0 Å². The van der Waals surface area contributed by atoms with Gasteiger partial charge in [0.2, 0.25) is 0 Å². The van der Waals surface area contributed by atoms with Crippen LogP contribution in [0.4, 0.5) is 0 Å². The van der Waals surface area contributed by atoms with E-state index in [1.54, 1.807) is 0 Å². The molecule has 0 fully saturated rings.